The van der Waals surface area contributed by atoms with Gasteiger partial charge in [-0.15, -0.1) is 0 Å². The van der Waals surface area contributed by atoms with Gasteiger partial charge in [0.25, 0.3) is 0 Å². The molecule has 4 nitrogen and oxygen atoms in total. The number of fused-ring (bicyclic) bond motifs is 19. The van der Waals surface area contributed by atoms with Crippen molar-refractivity contribution in [2.24, 2.45) is 0 Å². The quantitative estimate of drug-likeness (QED) is 0.173. The van der Waals surface area contributed by atoms with Gasteiger partial charge in [-0.3, -0.25) is 4.40 Å². The first-order valence-electron chi connectivity index (χ1n) is 20.4. The zero-order valence-electron chi connectivity index (χ0n) is 31.6. The Balaban J connectivity index is 1.17. The fourth-order valence-corrected chi connectivity index (χ4v) is 11.2. The third-order valence-electron chi connectivity index (χ3n) is 13.5. The second-order valence-electron chi connectivity index (χ2n) is 16.3. The molecule has 0 spiro atoms. The van der Waals surface area contributed by atoms with Crippen LogP contribution in [0.3, 0.4) is 0 Å². The molecule has 9 aromatic carbocycles. The van der Waals surface area contributed by atoms with Crippen LogP contribution >= 0.6 is 0 Å². The van der Waals surface area contributed by atoms with E-state index in [2.05, 4.69) is 195 Å². The molecule has 0 atom stereocenters. The van der Waals surface area contributed by atoms with Gasteiger partial charge in [0.1, 0.15) is 5.65 Å². The smallest absolute Gasteiger partial charge is 0.146 e. The van der Waals surface area contributed by atoms with Gasteiger partial charge < -0.3 is 8.97 Å². The van der Waals surface area contributed by atoms with E-state index in [0.717, 1.165) is 16.9 Å². The maximum atomic E-state index is 5.52. The minimum absolute atomic E-state index is 0.999. The molecule has 0 bridgehead atoms. The predicted molar refractivity (Wildman–Crippen MR) is 248 cm³/mol. The van der Waals surface area contributed by atoms with E-state index in [0.29, 0.717) is 0 Å². The second kappa shape index (κ2) is 10.5. The SMILES string of the molecule is c1ccc(-n2c3ccccc3c3cc(-c4c5ccccc5cc5c6c7ccccc7cc7c8c9c%10cccc%11c%12ccccc%12n(c9cnc8n(c45)c76)c%11%10)ccc32)cc1. The van der Waals surface area contributed by atoms with E-state index in [4.69, 9.17) is 4.98 Å². The average Bonchev–Trinajstić information content (AvgIpc) is 4.08. The lowest BCUT2D eigenvalue weighted by Crippen LogP contribution is -1.93. The Labute approximate surface area is 335 Å². The predicted octanol–water partition coefficient (Wildman–Crippen LogP) is 14.5. The minimum atomic E-state index is 0.999. The van der Waals surface area contributed by atoms with Crippen LogP contribution in [-0.2, 0) is 0 Å². The lowest BCUT2D eigenvalue weighted by molar-refractivity contribution is 1.18. The third kappa shape index (κ3) is 3.56. The Morgan fingerprint density at radius 2 is 0.966 bits per heavy atom. The Morgan fingerprint density at radius 3 is 1.80 bits per heavy atom. The lowest BCUT2D eigenvalue weighted by Gasteiger charge is -2.13. The van der Waals surface area contributed by atoms with Crippen molar-refractivity contribution in [2.75, 3.05) is 0 Å². The molecule has 0 aliphatic heterocycles. The maximum absolute atomic E-state index is 5.52. The van der Waals surface area contributed by atoms with Crippen LogP contribution in [0.4, 0.5) is 0 Å². The van der Waals surface area contributed by atoms with Crippen LogP contribution in [-0.4, -0.2) is 18.4 Å². The van der Waals surface area contributed by atoms with Gasteiger partial charge in [-0.1, -0.05) is 127 Å². The van der Waals surface area contributed by atoms with Gasteiger partial charge in [0.05, 0.1) is 44.8 Å². The first-order valence-corrected chi connectivity index (χ1v) is 20.4. The molecule has 0 aliphatic rings. The summed E-state index contributed by atoms with van der Waals surface area (Å²) in [5.41, 5.74) is 13.1. The number of para-hydroxylation sites is 4. The maximum Gasteiger partial charge on any atom is 0.146 e. The molecule has 4 heteroatoms. The van der Waals surface area contributed by atoms with E-state index < -0.39 is 0 Å². The molecule has 6 heterocycles. The molecule has 0 N–H and O–H groups in total. The highest BCUT2D eigenvalue weighted by atomic mass is 15.0. The van der Waals surface area contributed by atoms with E-state index in [-0.39, 0.29) is 0 Å². The van der Waals surface area contributed by atoms with Crippen LogP contribution in [0.5, 0.6) is 0 Å². The summed E-state index contributed by atoms with van der Waals surface area (Å²) in [5.74, 6) is 0. The zero-order valence-corrected chi connectivity index (χ0v) is 31.6. The van der Waals surface area contributed by atoms with Crippen molar-refractivity contribution in [1.29, 1.82) is 0 Å². The number of hydrogen-bond acceptors (Lipinski definition) is 1. The monoisotopic (exact) mass is 746 g/mol. The highest BCUT2D eigenvalue weighted by Gasteiger charge is 2.28. The standard InChI is InChI=1S/C55H30N4/c1-2-15-34(16-3-1)57-44-23-10-9-20-38(44)41-29-33(25-26-46(41)57)48-35-17-6-4-13-31(35)27-42-49-36-18-7-5-14-32(36)28-43-51-50-40-22-12-21-39-37-19-8-11-24-45(37)58(52(39)40)47(50)30-56-55(51)59(53(42)48)54(43)49/h1-30H. The van der Waals surface area contributed by atoms with Crippen molar-refractivity contribution in [3.63, 3.8) is 0 Å². The molecule has 0 aliphatic carbocycles. The third-order valence-corrected chi connectivity index (χ3v) is 13.5. The van der Waals surface area contributed by atoms with Crippen molar-refractivity contribution >= 4 is 120 Å². The Bertz CT molecular complexity index is 4300. The molecule has 0 radical (unpaired) electrons. The van der Waals surface area contributed by atoms with Gasteiger partial charge in [0, 0.05) is 65.1 Å². The highest BCUT2D eigenvalue weighted by Crippen LogP contribution is 2.51. The Hall–Kier alpha value is -7.95. The van der Waals surface area contributed by atoms with Crippen LogP contribution in [0.1, 0.15) is 0 Å². The van der Waals surface area contributed by atoms with Crippen LogP contribution in [0.15, 0.2) is 182 Å². The van der Waals surface area contributed by atoms with Crippen molar-refractivity contribution in [3.05, 3.63) is 182 Å². The molecule has 15 rings (SSSR count). The van der Waals surface area contributed by atoms with Crippen molar-refractivity contribution in [3.8, 4) is 16.8 Å². The van der Waals surface area contributed by atoms with Crippen LogP contribution < -0.4 is 0 Å². The second-order valence-corrected chi connectivity index (χ2v) is 16.3. The molecular weight excluding hydrogens is 717 g/mol. The molecule has 270 valence electrons. The number of aromatic nitrogens is 4. The largest absolute Gasteiger partial charge is 0.309 e. The first kappa shape index (κ1) is 30.2. The summed E-state index contributed by atoms with van der Waals surface area (Å²) < 4.78 is 7.37. The minimum Gasteiger partial charge on any atom is -0.309 e. The number of nitrogens with zero attached hydrogens (tertiary/aromatic N) is 4. The van der Waals surface area contributed by atoms with Gasteiger partial charge in [0.15, 0.2) is 0 Å². The average molecular weight is 747 g/mol. The number of rotatable bonds is 2. The molecule has 0 amide bonds. The van der Waals surface area contributed by atoms with Gasteiger partial charge in [0.2, 0.25) is 0 Å². The highest BCUT2D eigenvalue weighted by molar-refractivity contribution is 6.39. The van der Waals surface area contributed by atoms with Crippen LogP contribution in [0.25, 0.3) is 136 Å². The summed E-state index contributed by atoms with van der Waals surface area (Å²) in [6, 6.07) is 65.0. The fourth-order valence-electron chi connectivity index (χ4n) is 11.2. The van der Waals surface area contributed by atoms with Crippen molar-refractivity contribution in [2.45, 2.75) is 0 Å². The van der Waals surface area contributed by atoms with Gasteiger partial charge in [-0.05, 0) is 75.6 Å². The van der Waals surface area contributed by atoms with E-state index in [1.54, 1.807) is 0 Å². The molecule has 59 heavy (non-hydrogen) atoms. The molecule has 0 unspecified atom stereocenters. The summed E-state index contributed by atoms with van der Waals surface area (Å²) in [6.45, 7) is 0. The fraction of sp³-hybridized carbons (Fsp3) is 0. The number of hydrogen-bond donors (Lipinski definition) is 0. The molecule has 0 saturated heterocycles. The first-order chi connectivity index (χ1) is 29.3. The zero-order chi connectivity index (χ0) is 38.1. The van der Waals surface area contributed by atoms with Crippen molar-refractivity contribution < 1.29 is 0 Å². The normalized spacial score (nSPS) is 12.7. The summed E-state index contributed by atoms with van der Waals surface area (Å²) >= 11 is 0. The molecular formula is C55H30N4. The lowest BCUT2D eigenvalue weighted by atomic mass is 9.92. The Morgan fingerprint density at radius 1 is 0.339 bits per heavy atom. The molecule has 0 fully saturated rings. The molecule has 15 aromatic rings. The molecule has 0 saturated carbocycles. The molecule has 6 aromatic heterocycles. The number of benzene rings is 9. The van der Waals surface area contributed by atoms with E-state index in [1.165, 1.54) is 120 Å². The van der Waals surface area contributed by atoms with Crippen molar-refractivity contribution in [1.82, 2.24) is 18.4 Å². The van der Waals surface area contributed by atoms with Gasteiger partial charge >= 0.3 is 0 Å². The van der Waals surface area contributed by atoms with E-state index >= 15 is 0 Å². The van der Waals surface area contributed by atoms with Crippen LogP contribution in [0.2, 0.25) is 0 Å². The van der Waals surface area contributed by atoms with E-state index in [9.17, 15) is 0 Å². The van der Waals surface area contributed by atoms with Crippen LogP contribution in [0, 0.1) is 0 Å². The Kier molecular flexibility index (Phi) is 5.38. The summed E-state index contributed by atoms with van der Waals surface area (Å²) in [7, 11) is 0. The topological polar surface area (TPSA) is 26.6 Å². The van der Waals surface area contributed by atoms with E-state index in [1.807, 2.05) is 0 Å². The summed E-state index contributed by atoms with van der Waals surface area (Å²) in [6.07, 6.45) is 2.13. The number of pyridine rings is 1. The van der Waals surface area contributed by atoms with Gasteiger partial charge in [-0.2, -0.15) is 0 Å². The summed E-state index contributed by atoms with van der Waals surface area (Å²) in [4.78, 5) is 5.52. The summed E-state index contributed by atoms with van der Waals surface area (Å²) in [5, 5.41) is 17.6. The van der Waals surface area contributed by atoms with Gasteiger partial charge in [-0.25, -0.2) is 4.98 Å².